The van der Waals surface area contributed by atoms with Crippen LogP contribution in [-0.4, -0.2) is 25.2 Å². The molecule has 0 fully saturated rings. The maximum atomic E-state index is 11.7. The molecule has 118 valence electrons. The Morgan fingerprint density at radius 2 is 1.57 bits per heavy atom. The van der Waals surface area contributed by atoms with Gasteiger partial charge in [0.05, 0.1) is 0 Å². The fourth-order valence-electron chi connectivity index (χ4n) is 2.94. The lowest BCUT2D eigenvalue weighted by Crippen LogP contribution is -2.29. The minimum absolute atomic E-state index is 0.0318. The van der Waals surface area contributed by atoms with Crippen LogP contribution in [0.15, 0.2) is 48.5 Å². The summed E-state index contributed by atoms with van der Waals surface area (Å²) in [5.41, 5.74) is 9.73. The molecule has 5 heteroatoms. The Kier molecular flexibility index (Phi) is 4.28. The lowest BCUT2D eigenvalue weighted by atomic mass is 9.98. The molecule has 2 aromatic rings. The molecular weight excluding hydrogens is 292 g/mol. The van der Waals surface area contributed by atoms with E-state index in [0.29, 0.717) is 0 Å². The molecule has 0 aromatic heterocycles. The number of hydrogen-bond acceptors (Lipinski definition) is 3. The molecule has 1 aliphatic carbocycles. The first-order valence-electron chi connectivity index (χ1n) is 7.54. The first-order chi connectivity index (χ1) is 11.2. The van der Waals surface area contributed by atoms with Crippen molar-refractivity contribution < 1.29 is 14.3 Å². The molecule has 0 aliphatic heterocycles. The second kappa shape index (κ2) is 6.52. The fraction of sp³-hybridized carbons (Fsp3) is 0.222. The zero-order valence-corrected chi connectivity index (χ0v) is 12.6. The van der Waals surface area contributed by atoms with E-state index in [9.17, 15) is 9.59 Å². The lowest BCUT2D eigenvalue weighted by molar-refractivity contribution is -0.117. The zero-order chi connectivity index (χ0) is 16.2. The Balaban J connectivity index is 1.69. The number of nitrogens with one attached hydrogen (secondary N) is 1. The van der Waals surface area contributed by atoms with Gasteiger partial charge >= 0.3 is 6.09 Å². The molecule has 2 aromatic carbocycles. The van der Waals surface area contributed by atoms with Crippen LogP contribution >= 0.6 is 0 Å². The second-order valence-corrected chi connectivity index (χ2v) is 5.47. The fourth-order valence-corrected chi connectivity index (χ4v) is 2.94. The molecule has 2 amide bonds. The molecule has 0 atom stereocenters. The molecule has 0 radical (unpaired) electrons. The Labute approximate surface area is 134 Å². The lowest BCUT2D eigenvalue weighted by Gasteiger charge is -2.14. The number of alkyl carbamates (subject to hydrolysis) is 1. The molecule has 0 saturated heterocycles. The van der Waals surface area contributed by atoms with Crippen molar-refractivity contribution >= 4 is 12.0 Å². The normalized spacial score (nSPS) is 12.3. The highest BCUT2D eigenvalue weighted by atomic mass is 16.5. The summed E-state index contributed by atoms with van der Waals surface area (Å²) in [6.45, 7) is 0.447. The van der Waals surface area contributed by atoms with Gasteiger partial charge in [-0.15, -0.1) is 0 Å². The van der Waals surface area contributed by atoms with E-state index >= 15 is 0 Å². The summed E-state index contributed by atoms with van der Waals surface area (Å²) in [5, 5.41) is 2.52. The van der Waals surface area contributed by atoms with Crippen LogP contribution in [0.4, 0.5) is 4.79 Å². The van der Waals surface area contributed by atoms with Crippen LogP contribution in [-0.2, 0) is 9.53 Å². The summed E-state index contributed by atoms with van der Waals surface area (Å²) in [7, 11) is 0. The topological polar surface area (TPSA) is 81.4 Å². The number of amides is 2. The number of rotatable bonds is 5. The Morgan fingerprint density at radius 3 is 2.13 bits per heavy atom. The van der Waals surface area contributed by atoms with Crippen LogP contribution in [0.3, 0.4) is 0 Å². The van der Waals surface area contributed by atoms with Crippen molar-refractivity contribution in [2.45, 2.75) is 12.3 Å². The van der Waals surface area contributed by atoms with Gasteiger partial charge in [0, 0.05) is 18.9 Å². The average molecular weight is 310 g/mol. The van der Waals surface area contributed by atoms with Gasteiger partial charge in [-0.1, -0.05) is 48.5 Å². The van der Waals surface area contributed by atoms with E-state index in [1.54, 1.807) is 0 Å². The number of primary amides is 1. The summed E-state index contributed by atoms with van der Waals surface area (Å²) in [6, 6.07) is 16.3. The maximum Gasteiger partial charge on any atom is 0.407 e. The van der Waals surface area contributed by atoms with Crippen molar-refractivity contribution in [3.8, 4) is 11.1 Å². The smallest absolute Gasteiger partial charge is 0.407 e. The molecule has 23 heavy (non-hydrogen) atoms. The number of ether oxygens (including phenoxy) is 1. The molecule has 0 heterocycles. The SMILES string of the molecule is NC(=O)CCNC(=O)OCC1c2ccccc2-c2ccccc21. The Hall–Kier alpha value is -2.82. The first-order valence-corrected chi connectivity index (χ1v) is 7.54. The molecule has 5 nitrogen and oxygen atoms in total. The molecule has 3 N–H and O–H groups in total. The Morgan fingerprint density at radius 1 is 1.00 bits per heavy atom. The van der Waals surface area contributed by atoms with Gasteiger partial charge in [-0.3, -0.25) is 4.79 Å². The largest absolute Gasteiger partial charge is 0.449 e. The van der Waals surface area contributed by atoms with Crippen LogP contribution in [0, 0.1) is 0 Å². The monoisotopic (exact) mass is 310 g/mol. The Bertz CT molecular complexity index is 697. The molecule has 0 saturated carbocycles. The van der Waals surface area contributed by atoms with E-state index < -0.39 is 12.0 Å². The average Bonchev–Trinajstić information content (AvgIpc) is 2.87. The van der Waals surface area contributed by atoms with E-state index in [2.05, 4.69) is 29.6 Å². The van der Waals surface area contributed by atoms with Crippen molar-refractivity contribution in [2.75, 3.05) is 13.2 Å². The minimum Gasteiger partial charge on any atom is -0.449 e. The highest BCUT2D eigenvalue weighted by Crippen LogP contribution is 2.44. The van der Waals surface area contributed by atoms with Crippen LogP contribution in [0.1, 0.15) is 23.5 Å². The predicted octanol–water partition coefficient (Wildman–Crippen LogP) is 2.40. The summed E-state index contributed by atoms with van der Waals surface area (Å²) >= 11 is 0. The van der Waals surface area contributed by atoms with Crippen molar-refractivity contribution in [1.82, 2.24) is 5.32 Å². The van der Waals surface area contributed by atoms with Gasteiger partial charge in [0.1, 0.15) is 6.61 Å². The molecule has 0 spiro atoms. The van der Waals surface area contributed by atoms with Gasteiger partial charge in [0.25, 0.3) is 0 Å². The van der Waals surface area contributed by atoms with Crippen LogP contribution in [0.2, 0.25) is 0 Å². The van der Waals surface area contributed by atoms with E-state index in [-0.39, 0.29) is 25.5 Å². The summed E-state index contributed by atoms with van der Waals surface area (Å²) in [4.78, 5) is 22.4. The van der Waals surface area contributed by atoms with E-state index in [0.717, 1.165) is 0 Å². The van der Waals surface area contributed by atoms with E-state index in [1.165, 1.54) is 22.3 Å². The number of benzene rings is 2. The predicted molar refractivity (Wildman–Crippen MR) is 86.9 cm³/mol. The number of hydrogen-bond donors (Lipinski definition) is 2. The van der Waals surface area contributed by atoms with Crippen molar-refractivity contribution in [3.05, 3.63) is 59.7 Å². The molecular formula is C18H18N2O3. The summed E-state index contributed by atoms with van der Waals surface area (Å²) in [6.07, 6.45) is -0.433. The third-order valence-electron chi connectivity index (χ3n) is 3.98. The number of carbonyl (C=O) groups excluding carboxylic acids is 2. The zero-order valence-electron chi connectivity index (χ0n) is 12.6. The standard InChI is InChI=1S/C18H18N2O3/c19-17(21)9-10-20-18(22)23-11-16-14-7-3-1-5-12(14)13-6-2-4-8-15(13)16/h1-8,16H,9-11H2,(H2,19,21)(H,20,22). The van der Waals surface area contributed by atoms with Gasteiger partial charge in [0.2, 0.25) is 5.91 Å². The molecule has 1 aliphatic rings. The summed E-state index contributed by atoms with van der Waals surface area (Å²) in [5.74, 6) is -0.423. The summed E-state index contributed by atoms with van der Waals surface area (Å²) < 4.78 is 5.32. The van der Waals surface area contributed by atoms with Gasteiger partial charge in [-0.2, -0.15) is 0 Å². The highest BCUT2D eigenvalue weighted by Gasteiger charge is 2.28. The van der Waals surface area contributed by atoms with Gasteiger partial charge in [-0.25, -0.2) is 4.79 Å². The van der Waals surface area contributed by atoms with Gasteiger partial charge in [0.15, 0.2) is 0 Å². The van der Waals surface area contributed by atoms with E-state index in [4.69, 9.17) is 10.5 Å². The van der Waals surface area contributed by atoms with Crippen molar-refractivity contribution in [1.29, 1.82) is 0 Å². The van der Waals surface area contributed by atoms with Crippen molar-refractivity contribution in [2.24, 2.45) is 5.73 Å². The van der Waals surface area contributed by atoms with Crippen LogP contribution in [0.5, 0.6) is 0 Å². The highest BCUT2D eigenvalue weighted by molar-refractivity contribution is 5.79. The minimum atomic E-state index is -0.534. The number of nitrogens with two attached hydrogens (primary N) is 1. The first kappa shape index (κ1) is 15.1. The van der Waals surface area contributed by atoms with E-state index in [1.807, 2.05) is 24.3 Å². The maximum absolute atomic E-state index is 11.7. The third kappa shape index (κ3) is 3.18. The third-order valence-corrected chi connectivity index (χ3v) is 3.98. The molecule has 0 bridgehead atoms. The van der Waals surface area contributed by atoms with Gasteiger partial charge < -0.3 is 15.8 Å². The number of carbonyl (C=O) groups is 2. The second-order valence-electron chi connectivity index (χ2n) is 5.47. The van der Waals surface area contributed by atoms with Crippen molar-refractivity contribution in [3.63, 3.8) is 0 Å². The molecule has 3 rings (SSSR count). The van der Waals surface area contributed by atoms with Gasteiger partial charge in [-0.05, 0) is 22.3 Å². The quantitative estimate of drug-likeness (QED) is 0.889. The number of fused-ring (bicyclic) bond motifs is 3. The van der Waals surface area contributed by atoms with Crippen LogP contribution in [0.25, 0.3) is 11.1 Å². The molecule has 0 unspecified atom stereocenters. The van der Waals surface area contributed by atoms with Crippen LogP contribution < -0.4 is 11.1 Å².